The number of amides is 2. The maximum atomic E-state index is 12.3. The second-order valence-corrected chi connectivity index (χ2v) is 5.80. The van der Waals surface area contributed by atoms with Gasteiger partial charge in [0.25, 0.3) is 5.91 Å². The molecule has 4 N–H and O–H groups in total. The summed E-state index contributed by atoms with van der Waals surface area (Å²) in [7, 11) is 0. The van der Waals surface area contributed by atoms with Crippen molar-refractivity contribution in [2.75, 3.05) is 11.9 Å². The highest BCUT2D eigenvalue weighted by Crippen LogP contribution is 2.18. The second-order valence-electron chi connectivity index (χ2n) is 5.80. The smallest absolute Gasteiger partial charge is 0.253 e. The van der Waals surface area contributed by atoms with Crippen molar-refractivity contribution >= 4 is 17.5 Å². The van der Waals surface area contributed by atoms with Gasteiger partial charge in [-0.1, -0.05) is 35.9 Å². The predicted molar refractivity (Wildman–Crippen MR) is 95.8 cm³/mol. The molecule has 126 valence electrons. The molecule has 0 saturated carbocycles. The van der Waals surface area contributed by atoms with Crippen LogP contribution in [0.15, 0.2) is 42.5 Å². The monoisotopic (exact) mass is 325 g/mol. The van der Waals surface area contributed by atoms with E-state index >= 15 is 0 Å². The van der Waals surface area contributed by atoms with Gasteiger partial charge < -0.3 is 16.4 Å². The van der Waals surface area contributed by atoms with Gasteiger partial charge in [0, 0.05) is 25.2 Å². The number of aryl methyl sites for hydroxylation is 2. The summed E-state index contributed by atoms with van der Waals surface area (Å²) in [6.07, 6.45) is 0.129. The zero-order chi connectivity index (χ0) is 17.5. The fourth-order valence-electron chi connectivity index (χ4n) is 2.41. The predicted octanol–water partition coefficient (Wildman–Crippen LogP) is 2.52. The van der Waals surface area contributed by atoms with Crippen LogP contribution in [0.1, 0.15) is 33.5 Å². The summed E-state index contributed by atoms with van der Waals surface area (Å²) in [6, 6.07) is 13.6. The van der Waals surface area contributed by atoms with Crippen LogP contribution in [0.3, 0.4) is 0 Å². The third-order valence-corrected chi connectivity index (χ3v) is 3.80. The molecule has 0 saturated heterocycles. The summed E-state index contributed by atoms with van der Waals surface area (Å²) in [6.45, 7) is 5.00. The van der Waals surface area contributed by atoms with Crippen molar-refractivity contribution < 1.29 is 9.59 Å². The van der Waals surface area contributed by atoms with E-state index in [9.17, 15) is 9.59 Å². The Balaban J connectivity index is 2.07. The van der Waals surface area contributed by atoms with Crippen molar-refractivity contribution in [2.45, 2.75) is 26.8 Å². The normalized spacial score (nSPS) is 10.2. The van der Waals surface area contributed by atoms with Crippen LogP contribution in [0.5, 0.6) is 0 Å². The minimum atomic E-state index is -0.434. The third kappa shape index (κ3) is 4.84. The number of benzene rings is 2. The number of carbonyl (C=O) groups is 2. The molecule has 0 radical (unpaired) electrons. The summed E-state index contributed by atoms with van der Waals surface area (Å²) in [5.74, 6) is -0.656. The van der Waals surface area contributed by atoms with Gasteiger partial charge in [0.1, 0.15) is 0 Å². The van der Waals surface area contributed by atoms with E-state index < -0.39 is 5.91 Å². The SMILES string of the molecule is Cc1ccc(C)c(CNc2ccccc2C(=O)NCCC(N)=O)c1. The van der Waals surface area contributed by atoms with Gasteiger partial charge in [-0.3, -0.25) is 9.59 Å². The first-order valence-corrected chi connectivity index (χ1v) is 7.93. The number of anilines is 1. The fraction of sp³-hybridized carbons (Fsp3) is 0.263. The highest BCUT2D eigenvalue weighted by molar-refractivity contribution is 5.99. The second kappa shape index (κ2) is 8.15. The van der Waals surface area contributed by atoms with Gasteiger partial charge in [0.15, 0.2) is 0 Å². The fourth-order valence-corrected chi connectivity index (χ4v) is 2.41. The number of para-hydroxylation sites is 1. The number of nitrogens with one attached hydrogen (secondary N) is 2. The van der Waals surface area contributed by atoms with E-state index in [-0.39, 0.29) is 18.9 Å². The number of hydrogen-bond acceptors (Lipinski definition) is 3. The van der Waals surface area contributed by atoms with E-state index in [1.165, 1.54) is 16.7 Å². The van der Waals surface area contributed by atoms with E-state index in [4.69, 9.17) is 5.73 Å². The van der Waals surface area contributed by atoms with E-state index in [0.717, 1.165) is 5.69 Å². The van der Waals surface area contributed by atoms with Gasteiger partial charge in [-0.05, 0) is 37.1 Å². The molecule has 0 aliphatic rings. The lowest BCUT2D eigenvalue weighted by Gasteiger charge is -2.13. The topological polar surface area (TPSA) is 84.2 Å². The molecular weight excluding hydrogens is 302 g/mol. The minimum Gasteiger partial charge on any atom is -0.380 e. The molecule has 2 rings (SSSR count). The first kappa shape index (κ1) is 17.5. The van der Waals surface area contributed by atoms with Gasteiger partial charge in [-0.15, -0.1) is 0 Å². The summed E-state index contributed by atoms with van der Waals surface area (Å²) in [5.41, 5.74) is 9.99. The van der Waals surface area contributed by atoms with E-state index in [0.29, 0.717) is 12.1 Å². The quantitative estimate of drug-likeness (QED) is 0.731. The average molecular weight is 325 g/mol. The number of rotatable bonds is 7. The molecule has 0 aliphatic carbocycles. The number of primary amides is 1. The van der Waals surface area contributed by atoms with Crippen molar-refractivity contribution in [1.82, 2.24) is 5.32 Å². The van der Waals surface area contributed by atoms with Crippen molar-refractivity contribution in [2.24, 2.45) is 5.73 Å². The Hall–Kier alpha value is -2.82. The van der Waals surface area contributed by atoms with Gasteiger partial charge in [-0.2, -0.15) is 0 Å². The maximum absolute atomic E-state index is 12.3. The van der Waals surface area contributed by atoms with Crippen molar-refractivity contribution in [3.63, 3.8) is 0 Å². The Morgan fingerprint density at radius 2 is 1.83 bits per heavy atom. The summed E-state index contributed by atoms with van der Waals surface area (Å²) >= 11 is 0. The summed E-state index contributed by atoms with van der Waals surface area (Å²) in [5, 5.41) is 6.03. The molecule has 5 nitrogen and oxygen atoms in total. The largest absolute Gasteiger partial charge is 0.380 e. The van der Waals surface area contributed by atoms with Crippen LogP contribution in [-0.4, -0.2) is 18.4 Å². The average Bonchev–Trinajstić information content (AvgIpc) is 2.55. The lowest BCUT2D eigenvalue weighted by Crippen LogP contribution is -2.28. The van der Waals surface area contributed by atoms with Crippen LogP contribution in [-0.2, 0) is 11.3 Å². The van der Waals surface area contributed by atoms with Crippen LogP contribution in [0.4, 0.5) is 5.69 Å². The molecule has 24 heavy (non-hydrogen) atoms. The highest BCUT2D eigenvalue weighted by atomic mass is 16.2. The minimum absolute atomic E-state index is 0.129. The van der Waals surface area contributed by atoms with E-state index in [1.807, 2.05) is 18.2 Å². The molecule has 0 aliphatic heterocycles. The lowest BCUT2D eigenvalue weighted by molar-refractivity contribution is -0.117. The van der Waals surface area contributed by atoms with Crippen LogP contribution in [0.25, 0.3) is 0 Å². The molecule has 0 bridgehead atoms. The van der Waals surface area contributed by atoms with Crippen LogP contribution in [0.2, 0.25) is 0 Å². The molecule has 0 aromatic heterocycles. The Kier molecular flexibility index (Phi) is 5.95. The van der Waals surface area contributed by atoms with Crippen molar-refractivity contribution in [3.05, 3.63) is 64.7 Å². The van der Waals surface area contributed by atoms with Gasteiger partial charge in [0.2, 0.25) is 5.91 Å². The van der Waals surface area contributed by atoms with Crippen LogP contribution >= 0.6 is 0 Å². The van der Waals surface area contributed by atoms with Crippen LogP contribution in [0, 0.1) is 13.8 Å². The van der Waals surface area contributed by atoms with Gasteiger partial charge in [-0.25, -0.2) is 0 Å². The lowest BCUT2D eigenvalue weighted by atomic mass is 10.1. The Labute approximate surface area is 142 Å². The first-order chi connectivity index (χ1) is 11.5. The molecule has 2 amide bonds. The molecule has 0 unspecified atom stereocenters. The maximum Gasteiger partial charge on any atom is 0.253 e. The Bertz CT molecular complexity index is 741. The van der Waals surface area contributed by atoms with Crippen molar-refractivity contribution in [1.29, 1.82) is 0 Å². The Morgan fingerprint density at radius 1 is 1.08 bits per heavy atom. The molecule has 0 heterocycles. The molecule has 0 spiro atoms. The highest BCUT2D eigenvalue weighted by Gasteiger charge is 2.11. The van der Waals surface area contributed by atoms with E-state index in [2.05, 4.69) is 42.7 Å². The van der Waals surface area contributed by atoms with Crippen molar-refractivity contribution in [3.8, 4) is 0 Å². The Morgan fingerprint density at radius 3 is 2.58 bits per heavy atom. The van der Waals surface area contributed by atoms with Crippen LogP contribution < -0.4 is 16.4 Å². The zero-order valence-electron chi connectivity index (χ0n) is 14.1. The molecular formula is C19H23N3O2. The zero-order valence-corrected chi connectivity index (χ0v) is 14.1. The number of carbonyl (C=O) groups excluding carboxylic acids is 2. The van der Waals surface area contributed by atoms with Gasteiger partial charge in [0.05, 0.1) is 5.56 Å². The summed E-state index contributed by atoms with van der Waals surface area (Å²) < 4.78 is 0. The first-order valence-electron chi connectivity index (χ1n) is 7.93. The molecule has 2 aromatic rings. The number of hydrogen-bond donors (Lipinski definition) is 3. The summed E-state index contributed by atoms with van der Waals surface area (Å²) in [4.78, 5) is 23.0. The molecule has 5 heteroatoms. The van der Waals surface area contributed by atoms with E-state index in [1.54, 1.807) is 6.07 Å². The standard InChI is InChI=1S/C19H23N3O2/c1-13-7-8-14(2)15(11-13)12-22-17-6-4-3-5-16(17)19(24)21-10-9-18(20)23/h3-8,11,22H,9-10,12H2,1-2H3,(H2,20,23)(H,21,24). The molecule has 2 aromatic carbocycles. The molecule has 0 fully saturated rings. The molecule has 0 atom stereocenters. The number of nitrogens with two attached hydrogens (primary N) is 1. The van der Waals surface area contributed by atoms with Gasteiger partial charge >= 0.3 is 0 Å². The third-order valence-electron chi connectivity index (χ3n) is 3.80.